The molecule has 0 bridgehead atoms. The van der Waals surface area contributed by atoms with E-state index in [9.17, 15) is 0 Å². The van der Waals surface area contributed by atoms with Crippen LogP contribution in [0.5, 0.6) is 5.75 Å². The third-order valence-electron chi connectivity index (χ3n) is 3.81. The van der Waals surface area contributed by atoms with Crippen molar-refractivity contribution in [1.29, 1.82) is 0 Å². The van der Waals surface area contributed by atoms with Crippen molar-refractivity contribution in [3.63, 3.8) is 0 Å². The maximum absolute atomic E-state index is 5.56. The van der Waals surface area contributed by atoms with Crippen molar-refractivity contribution in [2.45, 2.75) is 19.2 Å². The van der Waals surface area contributed by atoms with Crippen LogP contribution in [0.3, 0.4) is 0 Å². The summed E-state index contributed by atoms with van der Waals surface area (Å²) in [6.07, 6.45) is 0. The van der Waals surface area contributed by atoms with Gasteiger partial charge in [-0.25, -0.2) is 0 Å². The maximum atomic E-state index is 5.56. The number of hydrogen-bond donors (Lipinski definition) is 0. The van der Waals surface area contributed by atoms with E-state index in [0.29, 0.717) is 6.61 Å². The quantitative estimate of drug-likeness (QED) is 0.315. The van der Waals surface area contributed by atoms with Crippen molar-refractivity contribution in [3.05, 3.63) is 69.1 Å². The van der Waals surface area contributed by atoms with Crippen molar-refractivity contribution < 1.29 is 4.74 Å². The molecule has 2 aromatic rings. The topological polar surface area (TPSA) is 21.6 Å². The zero-order valence-electron chi connectivity index (χ0n) is 13.6. The van der Waals surface area contributed by atoms with E-state index in [-0.39, 0.29) is 0 Å². The third kappa shape index (κ3) is 3.79. The Morgan fingerprint density at radius 2 is 1.62 bits per heavy atom. The molecule has 0 amide bonds. The summed E-state index contributed by atoms with van der Waals surface area (Å²) in [6, 6.07) is 16.8. The molecule has 2 aromatic carbocycles. The number of halogens is 2. The molecule has 0 aromatic heterocycles. The van der Waals surface area contributed by atoms with E-state index >= 15 is 0 Å². The summed E-state index contributed by atoms with van der Waals surface area (Å²) < 4.78 is 7.92. The molecule has 5 heteroatoms. The molecule has 126 valence electrons. The van der Waals surface area contributed by atoms with Crippen molar-refractivity contribution >= 4 is 56.2 Å². The number of hydrogen-bond acceptors (Lipinski definition) is 2. The molecule has 1 unspecified atom stereocenters. The first-order chi connectivity index (χ1) is 11.6. The van der Waals surface area contributed by atoms with Crippen molar-refractivity contribution in [2.24, 2.45) is 4.99 Å². The predicted octanol–water partition coefficient (Wildman–Crippen LogP) is 6.17. The van der Waals surface area contributed by atoms with Crippen LogP contribution >= 0.6 is 36.3 Å². The fourth-order valence-electron chi connectivity index (χ4n) is 2.54. The van der Waals surface area contributed by atoms with Crippen LogP contribution in [0.1, 0.15) is 25.0 Å². The van der Waals surface area contributed by atoms with E-state index in [1.54, 1.807) is 0 Å². The number of ether oxygens (including phenoxy) is 1. The van der Waals surface area contributed by atoms with Crippen LogP contribution in [0.15, 0.2) is 63.0 Å². The SMILES string of the molecule is CCOc1ccc(C2=NC(c3ccc(Br)cc3)=C[Se]2(I)CC)cc1. The summed E-state index contributed by atoms with van der Waals surface area (Å²) in [4.78, 5) is 7.48. The average molecular weight is 563 g/mol. The standard InChI is InChI=1S/C19H19BrINOSe/c1-3-23-17-11-7-15(8-12-17)19-22-18(13-24(19,21)4-2)14-5-9-16(20)10-6-14/h5-13H,3-4H2,1-2H3. The van der Waals surface area contributed by atoms with E-state index in [2.05, 4.69) is 84.6 Å². The summed E-state index contributed by atoms with van der Waals surface area (Å²) in [7, 11) is -1.93. The van der Waals surface area contributed by atoms with E-state index in [1.165, 1.54) is 15.7 Å². The van der Waals surface area contributed by atoms with E-state index in [0.717, 1.165) is 21.2 Å². The molecular weight excluding hydrogens is 544 g/mol. The molecule has 1 aliphatic heterocycles. The third-order valence-corrected chi connectivity index (χ3v) is 16.1. The molecule has 2 nitrogen and oxygen atoms in total. The van der Waals surface area contributed by atoms with Gasteiger partial charge in [0.05, 0.1) is 0 Å². The van der Waals surface area contributed by atoms with Crippen LogP contribution < -0.4 is 4.74 Å². The fraction of sp³-hybridized carbons (Fsp3) is 0.211. The molecule has 1 heterocycles. The molecule has 24 heavy (non-hydrogen) atoms. The summed E-state index contributed by atoms with van der Waals surface area (Å²) in [5.74, 6) is 0.917. The Morgan fingerprint density at radius 3 is 2.21 bits per heavy atom. The van der Waals surface area contributed by atoms with Gasteiger partial charge in [-0.1, -0.05) is 0 Å². The van der Waals surface area contributed by atoms with Gasteiger partial charge in [0, 0.05) is 0 Å². The summed E-state index contributed by atoms with van der Waals surface area (Å²) >= 11 is 6.18. The first-order valence-corrected chi connectivity index (χ1v) is 16.9. The van der Waals surface area contributed by atoms with E-state index in [1.807, 2.05) is 19.1 Å². The Labute approximate surface area is 165 Å². The Bertz CT molecular complexity index is 786. The average Bonchev–Trinajstić information content (AvgIpc) is 2.95. The number of rotatable bonds is 5. The van der Waals surface area contributed by atoms with Gasteiger partial charge in [-0.15, -0.1) is 0 Å². The molecule has 0 N–H and O–H groups in total. The van der Waals surface area contributed by atoms with Gasteiger partial charge in [-0.2, -0.15) is 0 Å². The van der Waals surface area contributed by atoms with Gasteiger partial charge in [0.1, 0.15) is 0 Å². The van der Waals surface area contributed by atoms with Gasteiger partial charge in [0.25, 0.3) is 0 Å². The number of benzene rings is 2. The minimum absolute atomic E-state index is 0.691. The van der Waals surface area contributed by atoms with Gasteiger partial charge in [-0.05, 0) is 0 Å². The Morgan fingerprint density at radius 1 is 1.00 bits per heavy atom. The first-order valence-electron chi connectivity index (χ1n) is 7.86. The molecule has 0 radical (unpaired) electrons. The van der Waals surface area contributed by atoms with Crippen molar-refractivity contribution in [2.75, 3.05) is 6.61 Å². The first kappa shape index (κ1) is 18.2. The predicted molar refractivity (Wildman–Crippen MR) is 117 cm³/mol. The number of aliphatic imine (C=N–C) groups is 1. The normalized spacial score (nSPS) is 22.5. The van der Waals surface area contributed by atoms with Crippen LogP contribution in [0.2, 0.25) is 5.32 Å². The molecular formula is C19H19BrINOSe. The fourth-order valence-corrected chi connectivity index (χ4v) is 9.82. The van der Waals surface area contributed by atoms with Crippen molar-refractivity contribution in [3.8, 4) is 5.75 Å². The molecule has 3 rings (SSSR count). The van der Waals surface area contributed by atoms with Gasteiger partial charge in [0.15, 0.2) is 0 Å². The zero-order valence-corrected chi connectivity index (χ0v) is 19.1. The Balaban J connectivity index is 1.97. The second kappa shape index (κ2) is 7.73. The van der Waals surface area contributed by atoms with E-state index < -0.39 is 9.60 Å². The molecule has 0 saturated carbocycles. The van der Waals surface area contributed by atoms with Crippen LogP contribution in [0.25, 0.3) is 5.70 Å². The number of nitrogens with zero attached hydrogens (tertiary/aromatic N) is 1. The molecule has 0 spiro atoms. The van der Waals surface area contributed by atoms with Crippen molar-refractivity contribution in [1.82, 2.24) is 0 Å². The molecule has 1 aliphatic rings. The minimum atomic E-state index is -1.93. The van der Waals surface area contributed by atoms with Gasteiger partial charge in [-0.3, -0.25) is 0 Å². The van der Waals surface area contributed by atoms with Gasteiger partial charge in [0.2, 0.25) is 0 Å². The second-order valence-electron chi connectivity index (χ2n) is 5.38. The molecule has 0 fully saturated rings. The Kier molecular flexibility index (Phi) is 5.85. The van der Waals surface area contributed by atoms with Gasteiger partial charge >= 0.3 is 167 Å². The zero-order chi connectivity index (χ0) is 17.2. The second-order valence-corrected chi connectivity index (χ2v) is 19.9. The molecule has 0 saturated heterocycles. The van der Waals surface area contributed by atoms with E-state index in [4.69, 9.17) is 9.73 Å². The van der Waals surface area contributed by atoms with Crippen LogP contribution in [0, 0.1) is 0 Å². The summed E-state index contributed by atoms with van der Waals surface area (Å²) in [6.45, 7) is 4.97. The van der Waals surface area contributed by atoms with Gasteiger partial charge < -0.3 is 0 Å². The Hall–Kier alpha value is -0.621. The van der Waals surface area contributed by atoms with Crippen LogP contribution in [-0.4, -0.2) is 20.8 Å². The van der Waals surface area contributed by atoms with Crippen LogP contribution in [-0.2, 0) is 0 Å². The molecule has 1 atom stereocenters. The summed E-state index contributed by atoms with van der Waals surface area (Å²) in [5, 5.41) is 1.16. The van der Waals surface area contributed by atoms with Crippen LogP contribution in [0.4, 0.5) is 0 Å². The monoisotopic (exact) mass is 563 g/mol. The molecule has 0 aliphatic carbocycles. The summed E-state index contributed by atoms with van der Waals surface area (Å²) in [5.41, 5.74) is 3.52.